The molecule has 1 aromatic heterocycles. The predicted octanol–water partition coefficient (Wildman–Crippen LogP) is 6.30. The second-order valence-electron chi connectivity index (χ2n) is 7.33. The first-order chi connectivity index (χ1) is 13.4. The van der Waals surface area contributed by atoms with E-state index in [0.29, 0.717) is 10.8 Å². The van der Waals surface area contributed by atoms with Crippen LogP contribution in [0.2, 0.25) is 5.02 Å². The molecule has 2 N–H and O–H groups in total. The molecule has 0 unspecified atom stereocenters. The Bertz CT molecular complexity index is 967. The fourth-order valence-corrected chi connectivity index (χ4v) is 3.59. The summed E-state index contributed by atoms with van der Waals surface area (Å²) in [4.78, 5) is 6.71. The van der Waals surface area contributed by atoms with E-state index in [0.717, 1.165) is 53.0 Å². The molecule has 0 fully saturated rings. The van der Waals surface area contributed by atoms with Crippen LogP contribution in [-0.2, 0) is 6.54 Å². The van der Waals surface area contributed by atoms with Crippen molar-refractivity contribution < 1.29 is 5.11 Å². The van der Waals surface area contributed by atoms with Gasteiger partial charge in [-0.25, -0.2) is 0 Å². The first-order valence-electron chi connectivity index (χ1n) is 9.82. The summed E-state index contributed by atoms with van der Waals surface area (Å²) in [7, 11) is 0. The van der Waals surface area contributed by atoms with Crippen molar-refractivity contribution in [3.8, 4) is 5.75 Å². The first-order valence-corrected chi connectivity index (χ1v) is 10.2. The molecule has 0 atom stereocenters. The van der Waals surface area contributed by atoms with Gasteiger partial charge in [-0.05, 0) is 61.0 Å². The van der Waals surface area contributed by atoms with Gasteiger partial charge in [-0.15, -0.1) is 0 Å². The van der Waals surface area contributed by atoms with Crippen LogP contribution in [0.1, 0.15) is 44.7 Å². The van der Waals surface area contributed by atoms with Gasteiger partial charge in [-0.2, -0.15) is 0 Å². The molecule has 3 aromatic rings. The summed E-state index contributed by atoms with van der Waals surface area (Å²) in [5.41, 5.74) is 4.68. The van der Waals surface area contributed by atoms with Crippen LogP contribution in [0.3, 0.4) is 0 Å². The van der Waals surface area contributed by atoms with Crippen molar-refractivity contribution in [2.45, 2.75) is 40.2 Å². The Morgan fingerprint density at radius 1 is 1.11 bits per heavy atom. The fraction of sp³-hybridized carbons (Fsp3) is 0.348. The molecule has 0 aliphatic heterocycles. The number of hydrogen-bond acceptors (Lipinski definition) is 4. The summed E-state index contributed by atoms with van der Waals surface area (Å²) in [6.07, 6.45) is 1.78. The Labute approximate surface area is 172 Å². The van der Waals surface area contributed by atoms with Crippen LogP contribution in [0.15, 0.2) is 42.6 Å². The highest BCUT2D eigenvalue weighted by molar-refractivity contribution is 6.31. The van der Waals surface area contributed by atoms with Gasteiger partial charge >= 0.3 is 0 Å². The molecule has 0 amide bonds. The van der Waals surface area contributed by atoms with Crippen LogP contribution >= 0.6 is 11.6 Å². The number of nitrogens with one attached hydrogen (secondary N) is 1. The second-order valence-corrected chi connectivity index (χ2v) is 7.77. The van der Waals surface area contributed by atoms with Gasteiger partial charge in [0.15, 0.2) is 0 Å². The van der Waals surface area contributed by atoms with Crippen molar-refractivity contribution in [3.63, 3.8) is 0 Å². The minimum atomic E-state index is 0.227. The Hall–Kier alpha value is -2.30. The van der Waals surface area contributed by atoms with Crippen molar-refractivity contribution in [2.24, 2.45) is 0 Å². The van der Waals surface area contributed by atoms with Crippen molar-refractivity contribution >= 4 is 33.9 Å². The molecule has 28 heavy (non-hydrogen) atoms. The van der Waals surface area contributed by atoms with Gasteiger partial charge < -0.3 is 10.4 Å². The Kier molecular flexibility index (Phi) is 6.42. The van der Waals surface area contributed by atoms with Gasteiger partial charge in [0.1, 0.15) is 5.75 Å². The van der Waals surface area contributed by atoms with Crippen molar-refractivity contribution in [1.82, 2.24) is 9.88 Å². The normalized spacial score (nSPS) is 11.5. The monoisotopic (exact) mass is 397 g/mol. The SMILES string of the molecule is CCN(CC)Cc1cc(Nc2ccnc3cc(Cl)ccc23)cc(C(C)C)c1O. The highest BCUT2D eigenvalue weighted by Crippen LogP contribution is 2.35. The molecule has 2 aromatic carbocycles. The number of phenols is 1. The highest BCUT2D eigenvalue weighted by Gasteiger charge is 2.15. The lowest BCUT2D eigenvalue weighted by atomic mass is 9.97. The zero-order valence-electron chi connectivity index (χ0n) is 17.0. The number of anilines is 2. The summed E-state index contributed by atoms with van der Waals surface area (Å²) >= 11 is 6.11. The summed E-state index contributed by atoms with van der Waals surface area (Å²) in [5, 5.41) is 16.0. The summed E-state index contributed by atoms with van der Waals surface area (Å²) in [6, 6.07) is 11.8. The van der Waals surface area contributed by atoms with Crippen molar-refractivity contribution in [3.05, 3.63) is 58.7 Å². The number of halogens is 1. The second kappa shape index (κ2) is 8.80. The first kappa shape index (κ1) is 20.4. The number of aromatic nitrogens is 1. The number of nitrogens with zero attached hydrogens (tertiary/aromatic N) is 2. The maximum atomic E-state index is 10.8. The van der Waals surface area contributed by atoms with Gasteiger partial charge in [-0.3, -0.25) is 9.88 Å². The lowest BCUT2D eigenvalue weighted by Crippen LogP contribution is -2.22. The van der Waals surface area contributed by atoms with Gasteiger partial charge in [0.25, 0.3) is 0 Å². The summed E-state index contributed by atoms with van der Waals surface area (Å²) < 4.78 is 0. The zero-order chi connectivity index (χ0) is 20.3. The van der Waals surface area contributed by atoms with Gasteiger partial charge in [0.2, 0.25) is 0 Å². The molecule has 0 aliphatic carbocycles. The van der Waals surface area contributed by atoms with Crippen LogP contribution in [0.4, 0.5) is 11.4 Å². The lowest BCUT2D eigenvalue weighted by molar-refractivity contribution is 0.290. The summed E-state index contributed by atoms with van der Waals surface area (Å²) in [6.45, 7) is 11.1. The van der Waals surface area contributed by atoms with Crippen LogP contribution in [0, 0.1) is 0 Å². The van der Waals surface area contributed by atoms with Gasteiger partial charge in [0, 0.05) is 40.1 Å². The number of phenolic OH excluding ortho intramolecular Hbond substituents is 1. The molecule has 0 saturated heterocycles. The lowest BCUT2D eigenvalue weighted by Gasteiger charge is -2.22. The van der Waals surface area contributed by atoms with E-state index in [9.17, 15) is 5.11 Å². The third-order valence-corrected chi connectivity index (χ3v) is 5.35. The van der Waals surface area contributed by atoms with Crippen LogP contribution in [-0.4, -0.2) is 28.1 Å². The number of pyridine rings is 1. The zero-order valence-corrected chi connectivity index (χ0v) is 17.7. The molecule has 5 heteroatoms. The van der Waals surface area contributed by atoms with Gasteiger partial charge in [0.05, 0.1) is 5.52 Å². The van der Waals surface area contributed by atoms with E-state index in [1.54, 1.807) is 6.20 Å². The van der Waals surface area contributed by atoms with Crippen LogP contribution in [0.25, 0.3) is 10.9 Å². The quantitative estimate of drug-likeness (QED) is 0.459. The molecule has 4 nitrogen and oxygen atoms in total. The minimum Gasteiger partial charge on any atom is -0.507 e. The van der Waals surface area contributed by atoms with Crippen LogP contribution < -0.4 is 5.32 Å². The average molecular weight is 398 g/mol. The summed E-state index contributed by atoms with van der Waals surface area (Å²) in [5.74, 6) is 0.629. The molecule has 3 rings (SSSR count). The molecule has 0 radical (unpaired) electrons. The highest BCUT2D eigenvalue weighted by atomic mass is 35.5. The fourth-order valence-electron chi connectivity index (χ4n) is 3.43. The minimum absolute atomic E-state index is 0.227. The maximum absolute atomic E-state index is 10.8. The third kappa shape index (κ3) is 4.40. The molecular formula is C23H28ClN3O. The molecule has 148 valence electrons. The number of hydrogen-bond donors (Lipinski definition) is 2. The molecule has 0 saturated carbocycles. The van der Waals surface area contributed by atoms with E-state index in [-0.39, 0.29) is 5.92 Å². The van der Waals surface area contributed by atoms with E-state index in [1.807, 2.05) is 36.4 Å². The number of rotatable bonds is 7. The number of benzene rings is 2. The smallest absolute Gasteiger partial charge is 0.123 e. The Morgan fingerprint density at radius 3 is 2.54 bits per heavy atom. The molecular weight excluding hydrogens is 370 g/mol. The largest absolute Gasteiger partial charge is 0.507 e. The van der Waals surface area contributed by atoms with E-state index in [2.05, 4.69) is 42.9 Å². The third-order valence-electron chi connectivity index (χ3n) is 5.11. The molecule has 0 spiro atoms. The topological polar surface area (TPSA) is 48.4 Å². The van der Waals surface area contributed by atoms with E-state index in [1.165, 1.54) is 0 Å². The average Bonchev–Trinajstić information content (AvgIpc) is 2.67. The van der Waals surface area contributed by atoms with Crippen molar-refractivity contribution in [2.75, 3.05) is 18.4 Å². The van der Waals surface area contributed by atoms with Gasteiger partial charge in [-0.1, -0.05) is 39.3 Å². The predicted molar refractivity (Wildman–Crippen MR) is 119 cm³/mol. The maximum Gasteiger partial charge on any atom is 0.123 e. The van der Waals surface area contributed by atoms with E-state index < -0.39 is 0 Å². The number of fused-ring (bicyclic) bond motifs is 1. The Morgan fingerprint density at radius 2 is 1.86 bits per heavy atom. The molecule has 0 bridgehead atoms. The van der Waals surface area contributed by atoms with E-state index in [4.69, 9.17) is 11.6 Å². The molecule has 1 heterocycles. The van der Waals surface area contributed by atoms with Crippen LogP contribution in [0.5, 0.6) is 5.75 Å². The Balaban J connectivity index is 2.03. The van der Waals surface area contributed by atoms with E-state index >= 15 is 0 Å². The standard InChI is InChI=1S/C23H28ClN3O/c1-5-27(6-2)14-16-11-18(13-20(15(3)4)23(16)28)26-21-9-10-25-22-12-17(24)7-8-19(21)22/h7-13,15,28H,5-6,14H2,1-4H3,(H,25,26). The van der Waals surface area contributed by atoms with Crippen molar-refractivity contribution in [1.29, 1.82) is 0 Å². The molecule has 0 aliphatic rings. The number of aromatic hydroxyl groups is 1.